The number of carbonyl (C=O) groups is 1. The molecule has 0 aliphatic carbocycles. The summed E-state index contributed by atoms with van der Waals surface area (Å²) in [5, 5.41) is 14.1. The van der Waals surface area contributed by atoms with E-state index in [9.17, 15) is 14.9 Å². The fraction of sp³-hybridized carbons (Fsp3) is 0.462. The number of nitrogens with zero attached hydrogens (tertiary/aromatic N) is 2. The zero-order valence-electron chi connectivity index (χ0n) is 11.5. The smallest absolute Gasteiger partial charge is 0.310 e. The van der Waals surface area contributed by atoms with Gasteiger partial charge in [0.25, 0.3) is 5.91 Å². The maximum atomic E-state index is 12.4. The number of benzene rings is 1. The SMILES string of the molecule is COc1cc(C(=O)N2CCN[C@@H](C)C2)ccc1[N+](=O)[O-]. The van der Waals surface area contributed by atoms with Gasteiger partial charge in [0, 0.05) is 43.4 Å². The molecular formula is C13H17N3O4. The van der Waals surface area contributed by atoms with E-state index >= 15 is 0 Å². The molecule has 0 aromatic heterocycles. The average Bonchev–Trinajstić information content (AvgIpc) is 2.45. The first-order valence-corrected chi connectivity index (χ1v) is 6.38. The van der Waals surface area contributed by atoms with E-state index in [1.807, 2.05) is 6.92 Å². The number of hydrogen-bond donors (Lipinski definition) is 1. The lowest BCUT2D eigenvalue weighted by atomic mass is 10.1. The zero-order valence-corrected chi connectivity index (χ0v) is 11.5. The molecule has 20 heavy (non-hydrogen) atoms. The summed E-state index contributed by atoms with van der Waals surface area (Å²) in [5.74, 6) is -0.0319. The molecule has 2 rings (SSSR count). The molecule has 1 aliphatic heterocycles. The van der Waals surface area contributed by atoms with E-state index in [-0.39, 0.29) is 23.4 Å². The van der Waals surface area contributed by atoms with Crippen LogP contribution < -0.4 is 10.1 Å². The Hall–Kier alpha value is -2.15. The Morgan fingerprint density at radius 1 is 1.55 bits per heavy atom. The van der Waals surface area contributed by atoms with Crippen LogP contribution in [0.4, 0.5) is 5.69 Å². The van der Waals surface area contributed by atoms with Gasteiger partial charge in [-0.05, 0) is 13.0 Å². The summed E-state index contributed by atoms with van der Waals surface area (Å²) >= 11 is 0. The van der Waals surface area contributed by atoms with Gasteiger partial charge in [-0.3, -0.25) is 14.9 Å². The molecule has 0 saturated carbocycles. The number of methoxy groups -OCH3 is 1. The van der Waals surface area contributed by atoms with Crippen LogP contribution in [0.3, 0.4) is 0 Å². The molecule has 1 amide bonds. The predicted octanol–water partition coefficient (Wildman–Crippen LogP) is 1.04. The van der Waals surface area contributed by atoms with E-state index in [4.69, 9.17) is 4.74 Å². The van der Waals surface area contributed by atoms with Crippen LogP contribution in [-0.2, 0) is 0 Å². The standard InChI is InChI=1S/C13H17N3O4/c1-9-8-15(6-5-14-9)13(17)10-3-4-11(16(18)19)12(7-10)20-2/h3-4,7,9,14H,5-6,8H2,1-2H3/t9-/m0/s1. The Morgan fingerprint density at radius 3 is 2.90 bits per heavy atom. The summed E-state index contributed by atoms with van der Waals surface area (Å²) in [4.78, 5) is 24.4. The van der Waals surface area contributed by atoms with Crippen molar-refractivity contribution in [1.82, 2.24) is 10.2 Å². The topological polar surface area (TPSA) is 84.7 Å². The molecule has 1 saturated heterocycles. The maximum absolute atomic E-state index is 12.4. The van der Waals surface area contributed by atoms with Crippen LogP contribution in [0.25, 0.3) is 0 Å². The van der Waals surface area contributed by atoms with Crippen LogP contribution in [0.2, 0.25) is 0 Å². The monoisotopic (exact) mass is 279 g/mol. The largest absolute Gasteiger partial charge is 0.490 e. The minimum atomic E-state index is -0.528. The first-order chi connectivity index (χ1) is 9.52. The Morgan fingerprint density at radius 2 is 2.30 bits per heavy atom. The van der Waals surface area contributed by atoms with E-state index in [1.165, 1.54) is 25.3 Å². The average molecular weight is 279 g/mol. The molecule has 0 bridgehead atoms. The van der Waals surface area contributed by atoms with E-state index in [0.717, 1.165) is 6.54 Å². The molecule has 1 fully saturated rings. The van der Waals surface area contributed by atoms with Crippen molar-refractivity contribution in [1.29, 1.82) is 0 Å². The van der Waals surface area contributed by atoms with Gasteiger partial charge < -0.3 is 15.0 Å². The molecule has 7 nitrogen and oxygen atoms in total. The van der Waals surface area contributed by atoms with E-state index in [0.29, 0.717) is 18.7 Å². The van der Waals surface area contributed by atoms with Crippen molar-refractivity contribution in [3.63, 3.8) is 0 Å². The number of piperazine rings is 1. The van der Waals surface area contributed by atoms with Crippen molar-refractivity contribution in [2.75, 3.05) is 26.7 Å². The highest BCUT2D eigenvalue weighted by Gasteiger charge is 2.24. The molecule has 0 unspecified atom stereocenters. The Bertz CT molecular complexity index is 532. The lowest BCUT2D eigenvalue weighted by molar-refractivity contribution is -0.385. The van der Waals surface area contributed by atoms with E-state index in [1.54, 1.807) is 4.90 Å². The van der Waals surface area contributed by atoms with Gasteiger partial charge in [-0.15, -0.1) is 0 Å². The number of amides is 1. The van der Waals surface area contributed by atoms with Gasteiger partial charge in [0.05, 0.1) is 12.0 Å². The summed E-state index contributed by atoms with van der Waals surface area (Å²) in [6.07, 6.45) is 0. The number of hydrogen-bond acceptors (Lipinski definition) is 5. The van der Waals surface area contributed by atoms with Gasteiger partial charge >= 0.3 is 5.69 Å². The second kappa shape index (κ2) is 5.87. The molecule has 1 aromatic rings. The Kier molecular flexibility index (Phi) is 4.19. The van der Waals surface area contributed by atoms with Crippen molar-refractivity contribution in [2.24, 2.45) is 0 Å². The Labute approximate surface area is 116 Å². The van der Waals surface area contributed by atoms with Gasteiger partial charge in [-0.25, -0.2) is 0 Å². The van der Waals surface area contributed by atoms with Crippen LogP contribution >= 0.6 is 0 Å². The van der Waals surface area contributed by atoms with E-state index < -0.39 is 4.92 Å². The van der Waals surface area contributed by atoms with Crippen molar-refractivity contribution in [3.05, 3.63) is 33.9 Å². The number of ether oxygens (including phenoxy) is 1. The van der Waals surface area contributed by atoms with E-state index in [2.05, 4.69) is 5.32 Å². The molecule has 0 radical (unpaired) electrons. The van der Waals surface area contributed by atoms with Crippen molar-refractivity contribution in [3.8, 4) is 5.75 Å². The highest BCUT2D eigenvalue weighted by molar-refractivity contribution is 5.95. The van der Waals surface area contributed by atoms with Crippen LogP contribution in [0.5, 0.6) is 5.75 Å². The number of nitro benzene ring substituents is 1. The lowest BCUT2D eigenvalue weighted by Crippen LogP contribution is -2.51. The third-order valence-electron chi connectivity index (χ3n) is 3.28. The lowest BCUT2D eigenvalue weighted by Gasteiger charge is -2.32. The molecule has 108 valence electrons. The quantitative estimate of drug-likeness (QED) is 0.660. The first kappa shape index (κ1) is 14.3. The number of nitrogens with one attached hydrogen (secondary N) is 1. The molecule has 7 heteroatoms. The normalized spacial score (nSPS) is 18.7. The fourth-order valence-corrected chi connectivity index (χ4v) is 2.26. The molecule has 1 aromatic carbocycles. The van der Waals surface area contributed by atoms with Crippen molar-refractivity contribution in [2.45, 2.75) is 13.0 Å². The molecule has 0 spiro atoms. The second-order valence-corrected chi connectivity index (χ2v) is 4.75. The van der Waals surface area contributed by atoms with Gasteiger partial charge in [0.1, 0.15) is 0 Å². The number of carbonyl (C=O) groups excluding carboxylic acids is 1. The summed E-state index contributed by atoms with van der Waals surface area (Å²) in [7, 11) is 1.35. The summed E-state index contributed by atoms with van der Waals surface area (Å²) in [6.45, 7) is 4.01. The van der Waals surface area contributed by atoms with Crippen molar-refractivity contribution >= 4 is 11.6 Å². The summed E-state index contributed by atoms with van der Waals surface area (Å²) < 4.78 is 4.98. The number of rotatable bonds is 3. The molecule has 1 aliphatic rings. The number of nitro groups is 1. The minimum Gasteiger partial charge on any atom is -0.490 e. The summed E-state index contributed by atoms with van der Waals surface area (Å²) in [5.41, 5.74) is 0.263. The Balaban J connectivity index is 2.24. The highest BCUT2D eigenvalue weighted by Crippen LogP contribution is 2.28. The predicted molar refractivity (Wildman–Crippen MR) is 73.0 cm³/mol. The maximum Gasteiger partial charge on any atom is 0.310 e. The van der Waals surface area contributed by atoms with Gasteiger partial charge in [0.2, 0.25) is 0 Å². The molecule has 1 atom stereocenters. The van der Waals surface area contributed by atoms with Crippen LogP contribution in [0.15, 0.2) is 18.2 Å². The molecule has 1 N–H and O–H groups in total. The molecular weight excluding hydrogens is 262 g/mol. The molecule has 1 heterocycles. The minimum absolute atomic E-state index is 0.101. The fourth-order valence-electron chi connectivity index (χ4n) is 2.26. The highest BCUT2D eigenvalue weighted by atomic mass is 16.6. The van der Waals surface area contributed by atoms with Gasteiger partial charge in [-0.2, -0.15) is 0 Å². The van der Waals surface area contributed by atoms with Crippen LogP contribution in [0.1, 0.15) is 17.3 Å². The summed E-state index contributed by atoms with van der Waals surface area (Å²) in [6, 6.07) is 4.44. The van der Waals surface area contributed by atoms with Gasteiger partial charge in [0.15, 0.2) is 5.75 Å². The van der Waals surface area contributed by atoms with Crippen LogP contribution in [0, 0.1) is 10.1 Å². The third kappa shape index (κ3) is 2.88. The van der Waals surface area contributed by atoms with Crippen molar-refractivity contribution < 1.29 is 14.5 Å². The van der Waals surface area contributed by atoms with Gasteiger partial charge in [-0.1, -0.05) is 0 Å². The zero-order chi connectivity index (χ0) is 14.7. The third-order valence-corrected chi connectivity index (χ3v) is 3.28. The second-order valence-electron chi connectivity index (χ2n) is 4.75. The van der Waals surface area contributed by atoms with Crippen LogP contribution in [-0.4, -0.2) is 48.5 Å². The first-order valence-electron chi connectivity index (χ1n) is 6.38.